The summed E-state index contributed by atoms with van der Waals surface area (Å²) >= 11 is -0.0912. The Balaban J connectivity index is 2.16. The lowest BCUT2D eigenvalue weighted by Crippen LogP contribution is -2.04. The zero-order valence-electron chi connectivity index (χ0n) is 9.15. The van der Waals surface area contributed by atoms with Gasteiger partial charge < -0.3 is 4.55 Å². The first-order valence-electron chi connectivity index (χ1n) is 5.49. The molecular formula is C10H19NO2S2. The van der Waals surface area contributed by atoms with Gasteiger partial charge in [-0.25, -0.2) is 4.21 Å². The van der Waals surface area contributed by atoms with Gasteiger partial charge in [0.25, 0.3) is 0 Å². The number of rotatable bonds is 7. The molecule has 88 valence electrons. The highest BCUT2D eigenvalue weighted by Gasteiger charge is 2.18. The molecule has 1 heterocycles. The first-order valence-corrected chi connectivity index (χ1v) is 7.75. The average molecular weight is 249 g/mol. The molecule has 15 heavy (non-hydrogen) atoms. The standard InChI is InChI=1S/C10H19NO2S2/c1-2-3-4-5-6-9-7-14-10(11-9)8-15(12)13/h9H,2-8H2,1H3,(H,12,13). The summed E-state index contributed by atoms with van der Waals surface area (Å²) in [4.78, 5) is 4.45. The van der Waals surface area contributed by atoms with E-state index in [1.54, 1.807) is 11.8 Å². The highest BCUT2D eigenvalue weighted by atomic mass is 32.2. The summed E-state index contributed by atoms with van der Waals surface area (Å²) in [6.45, 7) is 2.21. The monoisotopic (exact) mass is 249 g/mol. The molecule has 0 saturated carbocycles. The van der Waals surface area contributed by atoms with Gasteiger partial charge in [0.2, 0.25) is 0 Å². The minimum atomic E-state index is -1.73. The van der Waals surface area contributed by atoms with Gasteiger partial charge in [0.15, 0.2) is 11.1 Å². The van der Waals surface area contributed by atoms with Gasteiger partial charge in [-0.1, -0.05) is 32.6 Å². The van der Waals surface area contributed by atoms with E-state index >= 15 is 0 Å². The van der Waals surface area contributed by atoms with E-state index < -0.39 is 11.1 Å². The quantitative estimate of drug-likeness (QED) is 0.557. The molecule has 0 bridgehead atoms. The molecule has 0 aliphatic carbocycles. The lowest BCUT2D eigenvalue weighted by Gasteiger charge is -2.04. The molecule has 3 nitrogen and oxygen atoms in total. The smallest absolute Gasteiger partial charge is 0.159 e. The average Bonchev–Trinajstić information content (AvgIpc) is 2.59. The third kappa shape index (κ3) is 5.68. The molecule has 0 fully saturated rings. The fraction of sp³-hybridized carbons (Fsp3) is 0.900. The number of hydrogen-bond donors (Lipinski definition) is 1. The van der Waals surface area contributed by atoms with E-state index in [9.17, 15) is 4.21 Å². The first-order chi connectivity index (χ1) is 7.22. The number of hydrogen-bond acceptors (Lipinski definition) is 3. The van der Waals surface area contributed by atoms with Crippen LogP contribution >= 0.6 is 11.8 Å². The van der Waals surface area contributed by atoms with Crippen LogP contribution in [0.25, 0.3) is 0 Å². The van der Waals surface area contributed by atoms with E-state index in [0.29, 0.717) is 6.04 Å². The minimum Gasteiger partial charge on any atom is -0.306 e. The summed E-state index contributed by atoms with van der Waals surface area (Å²) in [6, 6.07) is 0.394. The third-order valence-corrected chi connectivity index (χ3v) is 4.24. The van der Waals surface area contributed by atoms with E-state index in [2.05, 4.69) is 11.9 Å². The van der Waals surface area contributed by atoms with Crippen molar-refractivity contribution in [1.82, 2.24) is 0 Å². The molecule has 0 spiro atoms. The second-order valence-electron chi connectivity index (χ2n) is 3.80. The number of unbranched alkanes of at least 4 members (excludes halogenated alkanes) is 3. The van der Waals surface area contributed by atoms with Gasteiger partial charge in [0.1, 0.15) is 0 Å². The summed E-state index contributed by atoms with van der Waals surface area (Å²) in [5, 5.41) is 0.858. The normalized spacial score (nSPS) is 22.8. The molecule has 0 aromatic carbocycles. The second kappa shape index (κ2) is 7.41. The predicted molar refractivity (Wildman–Crippen MR) is 68.1 cm³/mol. The Morgan fingerprint density at radius 1 is 1.53 bits per heavy atom. The van der Waals surface area contributed by atoms with E-state index in [-0.39, 0.29) is 5.75 Å². The lowest BCUT2D eigenvalue weighted by molar-refractivity contribution is 0.568. The van der Waals surface area contributed by atoms with Gasteiger partial charge in [0.05, 0.1) is 16.8 Å². The highest BCUT2D eigenvalue weighted by Crippen LogP contribution is 2.22. The van der Waals surface area contributed by atoms with Crippen LogP contribution in [-0.2, 0) is 11.1 Å². The van der Waals surface area contributed by atoms with Crippen LogP contribution in [0.2, 0.25) is 0 Å². The summed E-state index contributed by atoms with van der Waals surface area (Å²) in [5.41, 5.74) is 0. The van der Waals surface area contributed by atoms with Crippen molar-refractivity contribution in [2.24, 2.45) is 4.99 Å². The SMILES string of the molecule is CCCCCCC1CSC(CS(=O)O)=N1. The van der Waals surface area contributed by atoms with Crippen LogP contribution in [0, 0.1) is 0 Å². The molecule has 0 amide bonds. The van der Waals surface area contributed by atoms with Crippen molar-refractivity contribution in [2.45, 2.75) is 45.1 Å². The summed E-state index contributed by atoms with van der Waals surface area (Å²) < 4.78 is 19.3. The fourth-order valence-electron chi connectivity index (χ4n) is 1.61. The van der Waals surface area contributed by atoms with Gasteiger partial charge in [-0.3, -0.25) is 4.99 Å². The Morgan fingerprint density at radius 2 is 2.33 bits per heavy atom. The van der Waals surface area contributed by atoms with Gasteiger partial charge in [-0.05, 0) is 6.42 Å². The summed E-state index contributed by atoms with van der Waals surface area (Å²) in [6.07, 6.45) is 6.22. The van der Waals surface area contributed by atoms with Crippen molar-refractivity contribution in [3.05, 3.63) is 0 Å². The molecule has 0 radical (unpaired) electrons. The molecule has 1 rings (SSSR count). The predicted octanol–water partition coefficient (Wildman–Crippen LogP) is 2.69. The van der Waals surface area contributed by atoms with Crippen molar-refractivity contribution >= 4 is 27.9 Å². The van der Waals surface area contributed by atoms with Crippen molar-refractivity contribution in [3.8, 4) is 0 Å². The second-order valence-corrected chi connectivity index (χ2v) is 5.83. The largest absolute Gasteiger partial charge is 0.306 e. The van der Waals surface area contributed by atoms with Crippen LogP contribution in [0.1, 0.15) is 39.0 Å². The molecule has 1 aliphatic heterocycles. The van der Waals surface area contributed by atoms with E-state index in [0.717, 1.165) is 17.2 Å². The number of nitrogens with zero attached hydrogens (tertiary/aromatic N) is 1. The third-order valence-electron chi connectivity index (χ3n) is 2.41. The number of thioether (sulfide) groups is 1. The molecule has 2 unspecified atom stereocenters. The Hall–Kier alpha value is 0.130. The maximum absolute atomic E-state index is 10.6. The van der Waals surface area contributed by atoms with E-state index in [1.165, 1.54) is 25.7 Å². The minimum absolute atomic E-state index is 0.218. The van der Waals surface area contributed by atoms with E-state index in [1.807, 2.05) is 0 Å². The van der Waals surface area contributed by atoms with Crippen LogP contribution in [0.5, 0.6) is 0 Å². The van der Waals surface area contributed by atoms with Crippen molar-refractivity contribution in [1.29, 1.82) is 0 Å². The molecule has 0 saturated heterocycles. The van der Waals surface area contributed by atoms with Gasteiger partial charge in [0, 0.05) is 5.75 Å². The maximum atomic E-state index is 10.6. The first kappa shape index (κ1) is 13.2. The van der Waals surface area contributed by atoms with Crippen LogP contribution in [-0.4, -0.2) is 31.4 Å². The molecular weight excluding hydrogens is 230 g/mol. The Morgan fingerprint density at radius 3 is 3.00 bits per heavy atom. The van der Waals surface area contributed by atoms with Gasteiger partial charge in [-0.2, -0.15) is 0 Å². The molecule has 0 aromatic heterocycles. The van der Waals surface area contributed by atoms with Crippen molar-refractivity contribution in [2.75, 3.05) is 11.5 Å². The molecule has 1 aliphatic rings. The van der Waals surface area contributed by atoms with E-state index in [4.69, 9.17) is 4.55 Å². The number of aliphatic imine (C=N–C) groups is 1. The van der Waals surface area contributed by atoms with Crippen LogP contribution < -0.4 is 0 Å². The van der Waals surface area contributed by atoms with Crippen LogP contribution in [0.15, 0.2) is 4.99 Å². The molecule has 1 N–H and O–H groups in total. The fourth-order valence-corrected chi connectivity index (χ4v) is 3.38. The Labute approximate surface area is 98.4 Å². The van der Waals surface area contributed by atoms with Crippen LogP contribution in [0.3, 0.4) is 0 Å². The zero-order chi connectivity index (χ0) is 11.1. The Bertz CT molecular complexity index is 244. The highest BCUT2D eigenvalue weighted by molar-refractivity contribution is 8.15. The van der Waals surface area contributed by atoms with Crippen molar-refractivity contribution < 1.29 is 8.76 Å². The van der Waals surface area contributed by atoms with Gasteiger partial charge >= 0.3 is 0 Å². The molecule has 2 atom stereocenters. The maximum Gasteiger partial charge on any atom is 0.159 e. The lowest BCUT2D eigenvalue weighted by atomic mass is 10.1. The summed E-state index contributed by atoms with van der Waals surface area (Å²) in [5.74, 6) is 1.22. The molecule has 0 aromatic rings. The topological polar surface area (TPSA) is 49.7 Å². The van der Waals surface area contributed by atoms with Crippen molar-refractivity contribution in [3.63, 3.8) is 0 Å². The molecule has 5 heteroatoms. The summed E-state index contributed by atoms with van der Waals surface area (Å²) in [7, 11) is 0. The Kier molecular flexibility index (Phi) is 6.52. The van der Waals surface area contributed by atoms with Gasteiger partial charge in [-0.15, -0.1) is 11.8 Å². The zero-order valence-corrected chi connectivity index (χ0v) is 10.8. The van der Waals surface area contributed by atoms with Crippen LogP contribution in [0.4, 0.5) is 0 Å².